The predicted octanol–water partition coefficient (Wildman–Crippen LogP) is 7.03. The van der Waals surface area contributed by atoms with E-state index in [0.717, 1.165) is 30.1 Å². The van der Waals surface area contributed by atoms with Crippen LogP contribution in [0.15, 0.2) is 64.9 Å². The fourth-order valence-corrected chi connectivity index (χ4v) is 4.76. The van der Waals surface area contributed by atoms with Crippen LogP contribution in [0, 0.1) is 0 Å². The van der Waals surface area contributed by atoms with Crippen molar-refractivity contribution in [3.05, 3.63) is 70.9 Å². The molecule has 40 heavy (non-hydrogen) atoms. The standard InChI is InChI=1S/C28H31F3N4O3.C2H6/c1-17-22-7-6-8-23(22)27(18-13-20(37-2)16-21(14-18)38-3)34-35(17)25-15-19(10-11-24(25)28(29,30)31)33-12-5-4-9-26(32)36;1-2/h10-11,13-16,33H,1,4-9,12H2,2-3H3,(H2,32,36);1-2H3. The smallest absolute Gasteiger partial charge is 0.418 e. The van der Waals surface area contributed by atoms with Gasteiger partial charge in [-0.1, -0.05) is 20.4 Å². The van der Waals surface area contributed by atoms with Gasteiger partial charge in [-0.2, -0.15) is 18.3 Å². The van der Waals surface area contributed by atoms with Crippen LogP contribution in [0.2, 0.25) is 0 Å². The first-order valence-corrected chi connectivity index (χ1v) is 13.4. The summed E-state index contributed by atoms with van der Waals surface area (Å²) in [7, 11) is 3.08. The number of rotatable bonds is 10. The third kappa shape index (κ3) is 6.97. The second-order valence-electron chi connectivity index (χ2n) is 9.20. The Balaban J connectivity index is 0.00000216. The number of hydrazone groups is 1. The van der Waals surface area contributed by atoms with E-state index in [9.17, 15) is 18.0 Å². The molecule has 3 N–H and O–H groups in total. The molecule has 2 aliphatic rings. The van der Waals surface area contributed by atoms with Crippen LogP contribution < -0.4 is 25.5 Å². The van der Waals surface area contributed by atoms with Gasteiger partial charge in [0.15, 0.2) is 0 Å². The van der Waals surface area contributed by atoms with Crippen LogP contribution >= 0.6 is 0 Å². The summed E-state index contributed by atoms with van der Waals surface area (Å²) >= 11 is 0. The SMILES string of the molecule is C=C1C2=C(CCC2)C(c2cc(OC)cc(OC)c2)=NN1c1cc(NCCCCC(N)=O)ccc1C(F)(F)F.CC. The number of ether oxygens (including phenoxy) is 2. The molecule has 2 aromatic carbocycles. The number of primary amides is 1. The molecule has 2 aromatic rings. The first-order valence-electron chi connectivity index (χ1n) is 13.4. The highest BCUT2D eigenvalue weighted by Gasteiger charge is 2.38. The van der Waals surface area contributed by atoms with E-state index in [1.165, 1.54) is 31.4 Å². The lowest BCUT2D eigenvalue weighted by atomic mass is 9.95. The molecule has 0 saturated carbocycles. The number of alkyl halides is 3. The molecular formula is C30H37F3N4O3. The van der Waals surface area contributed by atoms with Crippen molar-refractivity contribution >= 4 is 23.0 Å². The molecule has 0 unspecified atom stereocenters. The van der Waals surface area contributed by atoms with Gasteiger partial charge in [0.1, 0.15) is 11.5 Å². The maximum absolute atomic E-state index is 14.2. The number of nitrogens with one attached hydrogen (secondary N) is 1. The summed E-state index contributed by atoms with van der Waals surface area (Å²) < 4.78 is 53.3. The van der Waals surface area contributed by atoms with Gasteiger partial charge in [0.05, 0.1) is 36.9 Å². The van der Waals surface area contributed by atoms with Crippen LogP contribution in [-0.4, -0.2) is 32.4 Å². The van der Waals surface area contributed by atoms with E-state index in [1.807, 2.05) is 13.8 Å². The molecule has 1 amide bonds. The van der Waals surface area contributed by atoms with Crippen LogP contribution in [0.3, 0.4) is 0 Å². The Hall–Kier alpha value is -3.95. The van der Waals surface area contributed by atoms with E-state index in [0.29, 0.717) is 60.0 Å². The number of carbonyl (C=O) groups is 1. The van der Waals surface area contributed by atoms with Crippen molar-refractivity contribution in [3.8, 4) is 11.5 Å². The van der Waals surface area contributed by atoms with Crippen molar-refractivity contribution in [1.29, 1.82) is 0 Å². The Labute approximate surface area is 233 Å². The number of anilines is 2. The average Bonchev–Trinajstić information content (AvgIpc) is 3.44. The molecule has 0 atom stereocenters. The van der Waals surface area contributed by atoms with Crippen molar-refractivity contribution < 1.29 is 27.4 Å². The van der Waals surface area contributed by atoms with Crippen molar-refractivity contribution in [2.75, 3.05) is 31.1 Å². The minimum absolute atomic E-state index is 0.115. The third-order valence-electron chi connectivity index (χ3n) is 6.64. The highest BCUT2D eigenvalue weighted by atomic mass is 19.4. The molecule has 0 fully saturated rings. The fourth-order valence-electron chi connectivity index (χ4n) is 4.76. The maximum Gasteiger partial charge on any atom is 0.418 e. The van der Waals surface area contributed by atoms with Crippen LogP contribution in [-0.2, 0) is 11.0 Å². The monoisotopic (exact) mass is 558 g/mol. The number of benzene rings is 2. The molecule has 1 aliphatic heterocycles. The Kier molecular flexibility index (Phi) is 10.3. The highest BCUT2D eigenvalue weighted by molar-refractivity contribution is 6.15. The quantitative estimate of drug-likeness (QED) is 0.306. The molecule has 0 bridgehead atoms. The summed E-state index contributed by atoms with van der Waals surface area (Å²) in [5, 5.41) is 9.18. The third-order valence-corrected chi connectivity index (χ3v) is 6.64. The molecule has 4 rings (SSSR count). The molecule has 0 saturated heterocycles. The van der Waals surface area contributed by atoms with Crippen LogP contribution in [0.25, 0.3) is 0 Å². The van der Waals surface area contributed by atoms with Crippen LogP contribution in [0.1, 0.15) is 63.5 Å². The zero-order valence-electron chi connectivity index (χ0n) is 23.5. The Morgan fingerprint density at radius 3 is 2.30 bits per heavy atom. The molecule has 1 heterocycles. The van der Waals surface area contributed by atoms with E-state index >= 15 is 0 Å². The summed E-state index contributed by atoms with van der Waals surface area (Å²) in [5.74, 6) is 0.724. The highest BCUT2D eigenvalue weighted by Crippen LogP contribution is 2.45. The maximum atomic E-state index is 14.2. The average molecular weight is 559 g/mol. The summed E-state index contributed by atoms with van der Waals surface area (Å²) in [6.45, 7) is 8.62. The number of halogens is 3. The van der Waals surface area contributed by atoms with E-state index in [-0.39, 0.29) is 18.0 Å². The Bertz CT molecular complexity index is 1280. The van der Waals surface area contributed by atoms with Gasteiger partial charge in [0.25, 0.3) is 0 Å². The van der Waals surface area contributed by atoms with Gasteiger partial charge in [-0.15, -0.1) is 0 Å². The Morgan fingerprint density at radius 2 is 1.70 bits per heavy atom. The largest absolute Gasteiger partial charge is 0.497 e. The predicted molar refractivity (Wildman–Crippen MR) is 153 cm³/mol. The van der Waals surface area contributed by atoms with E-state index in [1.54, 1.807) is 18.2 Å². The van der Waals surface area contributed by atoms with Crippen molar-refractivity contribution in [2.24, 2.45) is 10.8 Å². The van der Waals surface area contributed by atoms with Gasteiger partial charge in [-0.05, 0) is 73.6 Å². The lowest BCUT2D eigenvalue weighted by molar-refractivity contribution is -0.137. The first kappa shape index (κ1) is 30.6. The summed E-state index contributed by atoms with van der Waals surface area (Å²) in [5.41, 5.74) is 8.30. The van der Waals surface area contributed by atoms with Gasteiger partial charge < -0.3 is 20.5 Å². The molecule has 1 aliphatic carbocycles. The minimum atomic E-state index is -4.60. The summed E-state index contributed by atoms with van der Waals surface area (Å²) in [6, 6.07) is 9.21. The fraction of sp³-hybridized carbons (Fsp3) is 0.400. The zero-order chi connectivity index (χ0) is 29.4. The van der Waals surface area contributed by atoms with Gasteiger partial charge in [-0.3, -0.25) is 4.79 Å². The number of hydrogen-bond donors (Lipinski definition) is 2. The zero-order valence-corrected chi connectivity index (χ0v) is 23.5. The Morgan fingerprint density at radius 1 is 1.05 bits per heavy atom. The number of allylic oxidation sites excluding steroid dienone is 2. The van der Waals surface area contributed by atoms with Gasteiger partial charge in [0.2, 0.25) is 5.91 Å². The number of carbonyl (C=O) groups excluding carboxylic acids is 1. The van der Waals surface area contributed by atoms with E-state index in [4.69, 9.17) is 20.3 Å². The minimum Gasteiger partial charge on any atom is -0.497 e. The molecule has 0 radical (unpaired) electrons. The number of nitrogens with zero attached hydrogens (tertiary/aromatic N) is 2. The number of unbranched alkanes of at least 4 members (excludes halogenated alkanes) is 1. The van der Waals surface area contributed by atoms with Crippen molar-refractivity contribution in [1.82, 2.24) is 0 Å². The van der Waals surface area contributed by atoms with E-state index < -0.39 is 11.7 Å². The second-order valence-corrected chi connectivity index (χ2v) is 9.20. The van der Waals surface area contributed by atoms with Crippen molar-refractivity contribution in [3.63, 3.8) is 0 Å². The molecule has 10 heteroatoms. The van der Waals surface area contributed by atoms with Crippen LogP contribution in [0.4, 0.5) is 24.5 Å². The van der Waals surface area contributed by atoms with Crippen molar-refractivity contribution in [2.45, 2.75) is 58.5 Å². The topological polar surface area (TPSA) is 89.2 Å². The van der Waals surface area contributed by atoms with Gasteiger partial charge in [-0.25, -0.2) is 5.01 Å². The van der Waals surface area contributed by atoms with Gasteiger partial charge in [0, 0.05) is 30.3 Å². The molecule has 216 valence electrons. The number of hydrogen-bond acceptors (Lipinski definition) is 6. The number of nitrogens with two attached hydrogens (primary N) is 1. The number of amides is 1. The lowest BCUT2D eigenvalue weighted by Gasteiger charge is -2.31. The molecule has 0 spiro atoms. The molecular weight excluding hydrogens is 521 g/mol. The first-order chi connectivity index (χ1) is 19.1. The molecule has 0 aromatic heterocycles. The van der Waals surface area contributed by atoms with Crippen LogP contribution in [0.5, 0.6) is 11.5 Å². The summed E-state index contributed by atoms with van der Waals surface area (Å²) in [4.78, 5) is 10.9. The molecule has 7 nitrogen and oxygen atoms in total. The lowest BCUT2D eigenvalue weighted by Crippen LogP contribution is -2.27. The number of methoxy groups -OCH3 is 2. The van der Waals surface area contributed by atoms with E-state index in [2.05, 4.69) is 11.9 Å². The summed E-state index contributed by atoms with van der Waals surface area (Å²) in [6.07, 6.45) is -0.800. The second kappa shape index (κ2) is 13.4. The van der Waals surface area contributed by atoms with Gasteiger partial charge >= 0.3 is 6.18 Å². The normalized spacial score (nSPS) is 14.7.